The Hall–Kier alpha value is -1.41. The molecule has 0 atom stereocenters. The van der Waals surface area contributed by atoms with Crippen LogP contribution < -0.4 is 5.32 Å². The maximum atomic E-state index is 12.5. The number of benzene rings is 1. The summed E-state index contributed by atoms with van der Waals surface area (Å²) in [7, 11) is -3.38. The van der Waals surface area contributed by atoms with Crippen molar-refractivity contribution in [3.05, 3.63) is 52.4 Å². The molecule has 5 nitrogen and oxygen atoms in total. The zero-order valence-electron chi connectivity index (χ0n) is 14.2. The van der Waals surface area contributed by atoms with E-state index in [1.165, 1.54) is 15.6 Å². The van der Waals surface area contributed by atoms with Crippen LogP contribution in [-0.4, -0.2) is 31.7 Å². The number of carbonyl (C=O) groups is 1. The lowest BCUT2D eigenvalue weighted by molar-refractivity contribution is -0.122. The van der Waals surface area contributed by atoms with Gasteiger partial charge in [-0.25, -0.2) is 8.42 Å². The SMILES string of the molecule is O=C(CC1CCN(S(=O)(=O)c2cccs2)CC1)NCc1ccc(Cl)cc1. The Morgan fingerprint density at radius 1 is 1.19 bits per heavy atom. The van der Waals surface area contributed by atoms with Gasteiger partial charge in [0, 0.05) is 31.1 Å². The van der Waals surface area contributed by atoms with E-state index in [0.717, 1.165) is 5.56 Å². The normalized spacial score (nSPS) is 16.5. The Bertz CT molecular complexity index is 828. The standard InChI is InChI=1S/C18H21ClN2O3S2/c19-16-5-3-15(4-6-16)13-20-17(22)12-14-7-9-21(10-8-14)26(23,24)18-2-1-11-25-18/h1-6,11,14H,7-10,12-13H2,(H,20,22). The van der Waals surface area contributed by atoms with E-state index in [9.17, 15) is 13.2 Å². The van der Waals surface area contributed by atoms with Gasteiger partial charge in [-0.15, -0.1) is 11.3 Å². The molecule has 1 aromatic heterocycles. The van der Waals surface area contributed by atoms with E-state index in [-0.39, 0.29) is 11.8 Å². The molecule has 1 fully saturated rings. The molecule has 0 unspecified atom stereocenters. The van der Waals surface area contributed by atoms with Gasteiger partial charge in [0.25, 0.3) is 10.0 Å². The van der Waals surface area contributed by atoms with Crippen LogP contribution in [0.1, 0.15) is 24.8 Å². The van der Waals surface area contributed by atoms with Crippen LogP contribution in [0.2, 0.25) is 5.02 Å². The number of halogens is 1. The molecule has 0 saturated carbocycles. The molecule has 0 spiro atoms. The molecule has 0 aliphatic carbocycles. The van der Waals surface area contributed by atoms with Crippen molar-refractivity contribution in [1.29, 1.82) is 0 Å². The maximum Gasteiger partial charge on any atom is 0.252 e. The number of sulfonamides is 1. The van der Waals surface area contributed by atoms with Crippen LogP contribution in [0.25, 0.3) is 0 Å². The number of carbonyl (C=O) groups excluding carboxylic acids is 1. The minimum Gasteiger partial charge on any atom is -0.352 e. The summed E-state index contributed by atoms with van der Waals surface area (Å²) in [5, 5.41) is 5.36. The summed E-state index contributed by atoms with van der Waals surface area (Å²) in [6.45, 7) is 1.41. The summed E-state index contributed by atoms with van der Waals surface area (Å²) in [4.78, 5) is 12.1. The molecule has 1 saturated heterocycles. The molecule has 26 heavy (non-hydrogen) atoms. The van der Waals surface area contributed by atoms with Crippen LogP contribution in [0.3, 0.4) is 0 Å². The molecule has 1 aliphatic heterocycles. The average molecular weight is 413 g/mol. The average Bonchev–Trinajstić information content (AvgIpc) is 3.17. The molecular weight excluding hydrogens is 392 g/mol. The predicted molar refractivity (Wildman–Crippen MR) is 104 cm³/mol. The van der Waals surface area contributed by atoms with Crippen LogP contribution in [0, 0.1) is 5.92 Å². The number of amides is 1. The topological polar surface area (TPSA) is 66.5 Å². The molecule has 1 aliphatic rings. The van der Waals surface area contributed by atoms with Gasteiger partial charge in [-0.05, 0) is 47.9 Å². The highest BCUT2D eigenvalue weighted by Crippen LogP contribution is 2.27. The molecule has 1 aromatic carbocycles. The van der Waals surface area contributed by atoms with E-state index >= 15 is 0 Å². The minimum atomic E-state index is -3.38. The van der Waals surface area contributed by atoms with Gasteiger partial charge in [0.1, 0.15) is 4.21 Å². The van der Waals surface area contributed by atoms with E-state index in [0.29, 0.717) is 48.1 Å². The van der Waals surface area contributed by atoms with Gasteiger partial charge in [-0.1, -0.05) is 29.8 Å². The number of hydrogen-bond donors (Lipinski definition) is 1. The quantitative estimate of drug-likeness (QED) is 0.789. The second-order valence-electron chi connectivity index (χ2n) is 6.39. The first-order chi connectivity index (χ1) is 12.4. The molecule has 0 radical (unpaired) electrons. The van der Waals surface area contributed by atoms with Crippen LogP contribution in [0.5, 0.6) is 0 Å². The number of thiophene rings is 1. The van der Waals surface area contributed by atoms with Crippen molar-refractivity contribution in [1.82, 2.24) is 9.62 Å². The van der Waals surface area contributed by atoms with Crippen molar-refractivity contribution >= 4 is 38.9 Å². The van der Waals surface area contributed by atoms with Crippen molar-refractivity contribution in [3.63, 3.8) is 0 Å². The Morgan fingerprint density at radius 2 is 1.88 bits per heavy atom. The van der Waals surface area contributed by atoms with Crippen LogP contribution in [0.4, 0.5) is 0 Å². The molecule has 0 bridgehead atoms. The fourth-order valence-corrected chi connectivity index (χ4v) is 5.77. The highest BCUT2D eigenvalue weighted by Gasteiger charge is 2.30. The summed E-state index contributed by atoms with van der Waals surface area (Å²) < 4.78 is 26.9. The second kappa shape index (κ2) is 8.52. The molecule has 140 valence electrons. The van der Waals surface area contributed by atoms with Crippen molar-refractivity contribution in [2.75, 3.05) is 13.1 Å². The van der Waals surface area contributed by atoms with Gasteiger partial charge in [-0.3, -0.25) is 4.79 Å². The lowest BCUT2D eigenvalue weighted by Gasteiger charge is -2.30. The van der Waals surface area contributed by atoms with Gasteiger partial charge in [0.05, 0.1) is 0 Å². The third-order valence-corrected chi connectivity index (χ3v) is 8.06. The molecule has 8 heteroatoms. The van der Waals surface area contributed by atoms with Crippen molar-refractivity contribution < 1.29 is 13.2 Å². The van der Waals surface area contributed by atoms with Gasteiger partial charge < -0.3 is 5.32 Å². The van der Waals surface area contributed by atoms with Gasteiger partial charge >= 0.3 is 0 Å². The summed E-state index contributed by atoms with van der Waals surface area (Å²) >= 11 is 7.08. The van der Waals surface area contributed by atoms with Crippen LogP contribution in [-0.2, 0) is 21.4 Å². The number of nitrogens with zero attached hydrogens (tertiary/aromatic N) is 1. The smallest absolute Gasteiger partial charge is 0.252 e. The fourth-order valence-electron chi connectivity index (χ4n) is 3.03. The molecule has 3 rings (SSSR count). The number of nitrogens with one attached hydrogen (secondary N) is 1. The van der Waals surface area contributed by atoms with Crippen LogP contribution in [0.15, 0.2) is 46.0 Å². The van der Waals surface area contributed by atoms with E-state index in [2.05, 4.69) is 5.32 Å². The van der Waals surface area contributed by atoms with Gasteiger partial charge in [0.15, 0.2) is 0 Å². The minimum absolute atomic E-state index is 0.000450. The second-order valence-corrected chi connectivity index (χ2v) is 9.94. The van der Waals surface area contributed by atoms with Gasteiger partial charge in [0.2, 0.25) is 5.91 Å². The third-order valence-electron chi connectivity index (χ3n) is 4.54. The monoisotopic (exact) mass is 412 g/mol. The summed E-state index contributed by atoms with van der Waals surface area (Å²) in [6, 6.07) is 10.7. The fraction of sp³-hybridized carbons (Fsp3) is 0.389. The lowest BCUT2D eigenvalue weighted by Crippen LogP contribution is -2.39. The van der Waals surface area contributed by atoms with Crippen molar-refractivity contribution in [2.24, 2.45) is 5.92 Å². The van der Waals surface area contributed by atoms with Crippen molar-refractivity contribution in [3.8, 4) is 0 Å². The van der Waals surface area contributed by atoms with E-state index < -0.39 is 10.0 Å². The first kappa shape index (κ1) is 19.4. The Morgan fingerprint density at radius 3 is 2.50 bits per heavy atom. The number of hydrogen-bond acceptors (Lipinski definition) is 4. The third kappa shape index (κ3) is 4.85. The summed E-state index contributed by atoms with van der Waals surface area (Å²) in [5.74, 6) is 0.217. The highest BCUT2D eigenvalue weighted by molar-refractivity contribution is 7.91. The molecule has 2 heterocycles. The summed E-state index contributed by atoms with van der Waals surface area (Å²) in [5.41, 5.74) is 1.000. The number of rotatable bonds is 6. The Balaban J connectivity index is 1.45. The predicted octanol–water partition coefficient (Wildman–Crippen LogP) is 3.51. The molecule has 2 aromatic rings. The zero-order chi connectivity index (χ0) is 18.6. The van der Waals surface area contributed by atoms with Crippen molar-refractivity contribution in [2.45, 2.75) is 30.0 Å². The van der Waals surface area contributed by atoms with Crippen LogP contribution >= 0.6 is 22.9 Å². The molecular formula is C18H21ClN2O3S2. The van der Waals surface area contributed by atoms with E-state index in [1.807, 2.05) is 12.1 Å². The Kier molecular flexibility index (Phi) is 6.34. The lowest BCUT2D eigenvalue weighted by atomic mass is 9.94. The van der Waals surface area contributed by atoms with E-state index in [4.69, 9.17) is 11.6 Å². The number of piperidine rings is 1. The molecule has 1 N–H and O–H groups in total. The first-order valence-corrected chi connectivity index (χ1v) is 11.2. The zero-order valence-corrected chi connectivity index (χ0v) is 16.6. The van der Waals surface area contributed by atoms with E-state index in [1.54, 1.807) is 29.6 Å². The Labute approximate surface area is 163 Å². The molecule has 1 amide bonds. The largest absolute Gasteiger partial charge is 0.352 e. The maximum absolute atomic E-state index is 12.5. The first-order valence-electron chi connectivity index (χ1n) is 8.50. The summed E-state index contributed by atoms with van der Waals surface area (Å²) in [6.07, 6.45) is 1.85. The highest BCUT2D eigenvalue weighted by atomic mass is 35.5. The van der Waals surface area contributed by atoms with Gasteiger partial charge in [-0.2, -0.15) is 4.31 Å².